The summed E-state index contributed by atoms with van der Waals surface area (Å²) in [5, 5.41) is 7.31. The number of nitrogens with one attached hydrogen (secondary N) is 1. The standard InChI is InChI=1S/C27H29N9O3/c1-4-36-21(13-16(2)33-36)25(38)32-27-31-18-9-5-6-10-20(18)34(27)11-7-8-12-35-23-19(30-26(35)29)14-17(24(28)37)15-22(23)39-3/h5-10,13-15H,4,11-12H2,1-3H3,(H2,28,37)(H2,29,30)(H,31,32,38)/b8-7+. The van der Waals surface area contributed by atoms with E-state index in [1.165, 1.54) is 7.11 Å². The molecule has 5 aromatic rings. The number of methoxy groups -OCH3 is 1. The van der Waals surface area contributed by atoms with E-state index in [0.29, 0.717) is 53.6 Å². The van der Waals surface area contributed by atoms with Crippen molar-refractivity contribution in [2.45, 2.75) is 33.5 Å². The number of benzene rings is 2. The summed E-state index contributed by atoms with van der Waals surface area (Å²) in [4.78, 5) is 33.8. The molecule has 0 aliphatic heterocycles. The highest BCUT2D eigenvalue weighted by Gasteiger charge is 2.18. The van der Waals surface area contributed by atoms with Crippen LogP contribution in [0, 0.1) is 6.92 Å². The maximum atomic E-state index is 13.1. The molecule has 0 unspecified atom stereocenters. The number of allylic oxidation sites excluding steroid dienone is 2. The number of ether oxygens (including phenoxy) is 1. The number of aryl methyl sites for hydroxylation is 2. The fraction of sp³-hybridized carbons (Fsp3) is 0.222. The first-order valence-electron chi connectivity index (χ1n) is 12.4. The molecule has 0 bridgehead atoms. The zero-order chi connectivity index (χ0) is 27.7. The van der Waals surface area contributed by atoms with Crippen molar-refractivity contribution in [1.29, 1.82) is 0 Å². The molecule has 0 spiro atoms. The largest absolute Gasteiger partial charge is 0.494 e. The average Bonchev–Trinajstić information content (AvgIpc) is 3.57. The van der Waals surface area contributed by atoms with E-state index in [2.05, 4.69) is 20.4 Å². The molecule has 0 aliphatic rings. The van der Waals surface area contributed by atoms with Crippen molar-refractivity contribution in [2.24, 2.45) is 5.73 Å². The third-order valence-electron chi connectivity index (χ3n) is 6.40. The Hall–Kier alpha value is -5.13. The fourth-order valence-corrected chi connectivity index (χ4v) is 4.58. The zero-order valence-corrected chi connectivity index (χ0v) is 21.9. The lowest BCUT2D eigenvalue weighted by molar-refractivity contribution is 0.0995. The Morgan fingerprint density at radius 2 is 1.79 bits per heavy atom. The van der Waals surface area contributed by atoms with E-state index >= 15 is 0 Å². The van der Waals surface area contributed by atoms with Crippen LogP contribution in [0.1, 0.15) is 33.5 Å². The van der Waals surface area contributed by atoms with Crippen LogP contribution in [0.4, 0.5) is 11.9 Å². The molecule has 3 heterocycles. The first-order valence-corrected chi connectivity index (χ1v) is 12.4. The molecular formula is C27H29N9O3. The number of fused-ring (bicyclic) bond motifs is 2. The molecule has 0 aliphatic carbocycles. The molecule has 0 atom stereocenters. The maximum Gasteiger partial charge on any atom is 0.276 e. The van der Waals surface area contributed by atoms with Crippen molar-refractivity contribution >= 4 is 45.8 Å². The number of hydrogen-bond donors (Lipinski definition) is 3. The minimum Gasteiger partial charge on any atom is -0.494 e. The predicted octanol–water partition coefficient (Wildman–Crippen LogP) is 3.11. The lowest BCUT2D eigenvalue weighted by Gasteiger charge is -2.10. The number of carbonyl (C=O) groups excluding carboxylic acids is 2. The van der Waals surface area contributed by atoms with E-state index in [1.807, 2.05) is 54.8 Å². The molecule has 5 rings (SSSR count). The van der Waals surface area contributed by atoms with E-state index < -0.39 is 5.91 Å². The Balaban J connectivity index is 1.41. The van der Waals surface area contributed by atoms with Crippen LogP contribution in [0.2, 0.25) is 0 Å². The minimum atomic E-state index is -0.576. The number of nitrogen functional groups attached to an aromatic ring is 1. The van der Waals surface area contributed by atoms with Gasteiger partial charge < -0.3 is 25.3 Å². The van der Waals surface area contributed by atoms with Crippen molar-refractivity contribution in [2.75, 3.05) is 18.2 Å². The summed E-state index contributed by atoms with van der Waals surface area (Å²) in [7, 11) is 1.51. The van der Waals surface area contributed by atoms with Gasteiger partial charge >= 0.3 is 0 Å². The van der Waals surface area contributed by atoms with Crippen LogP contribution in [0.3, 0.4) is 0 Å². The smallest absolute Gasteiger partial charge is 0.276 e. The number of imidazole rings is 2. The van der Waals surface area contributed by atoms with Gasteiger partial charge in [0.2, 0.25) is 17.8 Å². The average molecular weight is 528 g/mol. The minimum absolute atomic E-state index is 0.276. The summed E-state index contributed by atoms with van der Waals surface area (Å²) in [6.07, 6.45) is 3.90. The molecule has 5 N–H and O–H groups in total. The van der Waals surface area contributed by atoms with E-state index in [-0.39, 0.29) is 11.9 Å². The van der Waals surface area contributed by atoms with Crippen LogP contribution >= 0.6 is 0 Å². The number of nitrogens with zero attached hydrogens (tertiary/aromatic N) is 6. The van der Waals surface area contributed by atoms with Crippen LogP contribution < -0.4 is 21.5 Å². The molecule has 3 aromatic heterocycles. The van der Waals surface area contributed by atoms with Gasteiger partial charge in [-0.25, -0.2) is 9.97 Å². The van der Waals surface area contributed by atoms with Crippen molar-refractivity contribution in [3.63, 3.8) is 0 Å². The highest BCUT2D eigenvalue weighted by molar-refractivity contribution is 6.03. The summed E-state index contributed by atoms with van der Waals surface area (Å²) in [6.45, 7) is 5.21. The van der Waals surface area contributed by atoms with Gasteiger partial charge in [0, 0.05) is 25.2 Å². The van der Waals surface area contributed by atoms with Crippen LogP contribution in [0.5, 0.6) is 5.75 Å². The second-order valence-corrected chi connectivity index (χ2v) is 8.94. The number of nitrogens with two attached hydrogens (primary N) is 2. The Bertz CT molecular complexity index is 1740. The molecule has 0 saturated carbocycles. The highest BCUT2D eigenvalue weighted by atomic mass is 16.5. The quantitative estimate of drug-likeness (QED) is 0.248. The number of primary amides is 1. The lowest BCUT2D eigenvalue weighted by atomic mass is 10.1. The molecule has 0 fully saturated rings. The van der Waals surface area contributed by atoms with Crippen molar-refractivity contribution < 1.29 is 14.3 Å². The van der Waals surface area contributed by atoms with Gasteiger partial charge in [0.25, 0.3) is 5.91 Å². The number of amides is 2. The molecular weight excluding hydrogens is 498 g/mol. The molecule has 12 nitrogen and oxygen atoms in total. The van der Waals surface area contributed by atoms with Crippen LogP contribution in [-0.4, -0.2) is 47.8 Å². The second-order valence-electron chi connectivity index (χ2n) is 8.94. The second kappa shape index (κ2) is 10.3. The van der Waals surface area contributed by atoms with Crippen LogP contribution in [0.25, 0.3) is 22.1 Å². The van der Waals surface area contributed by atoms with E-state index in [4.69, 9.17) is 16.2 Å². The Labute approximate surface area is 223 Å². The first kappa shape index (κ1) is 25.5. The highest BCUT2D eigenvalue weighted by Crippen LogP contribution is 2.29. The van der Waals surface area contributed by atoms with Crippen molar-refractivity contribution in [3.05, 3.63) is 71.6 Å². The number of anilines is 2. The van der Waals surface area contributed by atoms with Crippen LogP contribution in [0.15, 0.2) is 54.6 Å². The van der Waals surface area contributed by atoms with Gasteiger partial charge in [0.05, 0.1) is 29.4 Å². The van der Waals surface area contributed by atoms with E-state index in [0.717, 1.165) is 16.7 Å². The Morgan fingerprint density at radius 3 is 2.51 bits per heavy atom. The summed E-state index contributed by atoms with van der Waals surface area (Å²) in [6, 6.07) is 12.6. The number of para-hydroxylation sites is 2. The summed E-state index contributed by atoms with van der Waals surface area (Å²) < 4.78 is 10.9. The number of rotatable bonds is 9. The molecule has 0 radical (unpaired) electrons. The maximum absolute atomic E-state index is 13.1. The molecule has 39 heavy (non-hydrogen) atoms. The van der Waals surface area contributed by atoms with E-state index in [9.17, 15) is 9.59 Å². The van der Waals surface area contributed by atoms with Crippen molar-refractivity contribution in [3.8, 4) is 5.75 Å². The van der Waals surface area contributed by atoms with Crippen molar-refractivity contribution in [1.82, 2.24) is 28.9 Å². The topological polar surface area (TPSA) is 161 Å². The molecule has 12 heteroatoms. The van der Waals surface area contributed by atoms with Gasteiger partial charge in [0.15, 0.2) is 0 Å². The predicted molar refractivity (Wildman–Crippen MR) is 149 cm³/mol. The monoisotopic (exact) mass is 527 g/mol. The van der Waals surface area contributed by atoms with Gasteiger partial charge in [0.1, 0.15) is 17.0 Å². The number of aromatic nitrogens is 6. The zero-order valence-electron chi connectivity index (χ0n) is 21.9. The van der Waals surface area contributed by atoms with Gasteiger partial charge in [-0.05, 0) is 44.2 Å². The molecule has 2 aromatic carbocycles. The van der Waals surface area contributed by atoms with E-state index in [1.54, 1.807) is 27.4 Å². The SMILES string of the molecule is CCn1nc(C)cc1C(=O)Nc1nc2ccccc2n1C/C=C/Cn1c(N)nc2cc(C(N)=O)cc(OC)c21. The van der Waals surface area contributed by atoms with Gasteiger partial charge in [-0.1, -0.05) is 24.3 Å². The van der Waals surface area contributed by atoms with Gasteiger partial charge in [-0.2, -0.15) is 5.10 Å². The molecule has 200 valence electrons. The summed E-state index contributed by atoms with van der Waals surface area (Å²) >= 11 is 0. The van der Waals surface area contributed by atoms with Gasteiger partial charge in [-0.15, -0.1) is 0 Å². The number of carbonyl (C=O) groups is 2. The fourth-order valence-electron chi connectivity index (χ4n) is 4.58. The third-order valence-corrected chi connectivity index (χ3v) is 6.40. The Kier molecular flexibility index (Phi) is 6.75. The molecule has 0 saturated heterocycles. The normalized spacial score (nSPS) is 11.6. The first-order chi connectivity index (χ1) is 18.8. The third kappa shape index (κ3) is 4.79. The molecule has 2 amide bonds. The Morgan fingerprint density at radius 1 is 1.05 bits per heavy atom. The lowest BCUT2D eigenvalue weighted by Crippen LogP contribution is -2.19. The summed E-state index contributed by atoms with van der Waals surface area (Å²) in [5.41, 5.74) is 16.0. The number of hydrogen-bond acceptors (Lipinski definition) is 7. The van der Waals surface area contributed by atoms with Crippen LogP contribution in [-0.2, 0) is 19.6 Å². The summed E-state index contributed by atoms with van der Waals surface area (Å²) in [5.74, 6) is 0.302. The van der Waals surface area contributed by atoms with Gasteiger partial charge in [-0.3, -0.25) is 19.6 Å².